The van der Waals surface area contributed by atoms with E-state index in [1.54, 1.807) is 0 Å². The lowest BCUT2D eigenvalue weighted by atomic mass is 9.94. The smallest absolute Gasteiger partial charge is 0.237 e. The number of benzene rings is 1. The SMILES string of the molecule is CCC(C)(CC)NC(=O)CC1C(=O)NCCN1C1Cc2ccccc2C1. The number of carbonyl (C=O) groups is 2. The standard InChI is InChI=1S/C21H31N3O2/c1-4-21(3,5-2)23-19(25)14-18-20(26)22-10-11-24(18)17-12-15-8-6-7-9-16(15)13-17/h6-9,17-18H,4-5,10-14H2,1-3H3,(H,22,26)(H,23,25). The normalized spacial score (nSPS) is 21.3. The number of hydrogen-bond acceptors (Lipinski definition) is 3. The van der Waals surface area contributed by atoms with Crippen LogP contribution < -0.4 is 10.6 Å². The molecular weight excluding hydrogens is 326 g/mol. The monoisotopic (exact) mass is 357 g/mol. The first-order valence-electron chi connectivity index (χ1n) is 9.87. The first-order valence-corrected chi connectivity index (χ1v) is 9.87. The van der Waals surface area contributed by atoms with E-state index in [0.717, 1.165) is 32.2 Å². The lowest BCUT2D eigenvalue weighted by Gasteiger charge is -2.39. The molecule has 1 aromatic rings. The van der Waals surface area contributed by atoms with Crippen LogP contribution >= 0.6 is 0 Å². The number of piperazine rings is 1. The third-order valence-corrected chi connectivity index (χ3v) is 6.25. The van der Waals surface area contributed by atoms with Crippen molar-refractivity contribution in [3.8, 4) is 0 Å². The van der Waals surface area contributed by atoms with Gasteiger partial charge in [0, 0.05) is 24.7 Å². The highest BCUT2D eigenvalue weighted by molar-refractivity contribution is 5.89. The maximum Gasteiger partial charge on any atom is 0.237 e. The number of amides is 2. The van der Waals surface area contributed by atoms with E-state index in [1.165, 1.54) is 11.1 Å². The highest BCUT2D eigenvalue weighted by atomic mass is 16.2. The molecule has 5 nitrogen and oxygen atoms in total. The van der Waals surface area contributed by atoms with Crippen LogP contribution in [0.3, 0.4) is 0 Å². The molecule has 0 radical (unpaired) electrons. The maximum absolute atomic E-state index is 12.7. The molecule has 1 unspecified atom stereocenters. The van der Waals surface area contributed by atoms with Gasteiger partial charge in [0.05, 0.1) is 12.5 Å². The number of fused-ring (bicyclic) bond motifs is 1. The fourth-order valence-corrected chi connectivity index (χ4v) is 4.14. The zero-order valence-electron chi connectivity index (χ0n) is 16.2. The van der Waals surface area contributed by atoms with Gasteiger partial charge in [0.25, 0.3) is 0 Å². The van der Waals surface area contributed by atoms with Gasteiger partial charge in [-0.1, -0.05) is 38.1 Å². The zero-order valence-corrected chi connectivity index (χ0v) is 16.2. The van der Waals surface area contributed by atoms with Crippen molar-refractivity contribution in [2.45, 2.75) is 70.5 Å². The summed E-state index contributed by atoms with van der Waals surface area (Å²) in [5.74, 6) is -0.0455. The van der Waals surface area contributed by atoms with E-state index in [1.807, 2.05) is 0 Å². The highest BCUT2D eigenvalue weighted by Crippen LogP contribution is 2.28. The molecule has 0 spiro atoms. The largest absolute Gasteiger partial charge is 0.353 e. The van der Waals surface area contributed by atoms with Crippen molar-refractivity contribution in [2.75, 3.05) is 13.1 Å². The predicted molar refractivity (Wildman–Crippen MR) is 103 cm³/mol. The van der Waals surface area contributed by atoms with Gasteiger partial charge < -0.3 is 10.6 Å². The molecular formula is C21H31N3O2. The number of hydrogen-bond donors (Lipinski definition) is 2. The average molecular weight is 357 g/mol. The molecule has 0 bridgehead atoms. The Labute approximate surface area is 156 Å². The van der Waals surface area contributed by atoms with Crippen LogP contribution in [0.2, 0.25) is 0 Å². The Bertz CT molecular complexity index is 644. The summed E-state index contributed by atoms with van der Waals surface area (Å²) in [5, 5.41) is 6.09. The summed E-state index contributed by atoms with van der Waals surface area (Å²) in [6, 6.07) is 8.43. The molecule has 1 aromatic carbocycles. The minimum Gasteiger partial charge on any atom is -0.353 e. The fourth-order valence-electron chi connectivity index (χ4n) is 4.14. The lowest BCUT2D eigenvalue weighted by molar-refractivity contribution is -0.135. The molecule has 1 aliphatic carbocycles. The molecule has 1 atom stereocenters. The third kappa shape index (κ3) is 3.93. The Hall–Kier alpha value is -1.88. The molecule has 142 valence electrons. The average Bonchev–Trinajstić information content (AvgIpc) is 3.07. The van der Waals surface area contributed by atoms with Gasteiger partial charge in [0.2, 0.25) is 11.8 Å². The molecule has 5 heteroatoms. The zero-order chi connectivity index (χ0) is 18.7. The van der Waals surface area contributed by atoms with Crippen LogP contribution in [0.15, 0.2) is 24.3 Å². The van der Waals surface area contributed by atoms with Crippen LogP contribution in [0.1, 0.15) is 51.2 Å². The van der Waals surface area contributed by atoms with Gasteiger partial charge in [-0.2, -0.15) is 0 Å². The molecule has 2 aliphatic rings. The minimum absolute atomic E-state index is 0.0166. The van der Waals surface area contributed by atoms with Crippen molar-refractivity contribution in [2.24, 2.45) is 0 Å². The van der Waals surface area contributed by atoms with E-state index in [-0.39, 0.29) is 29.8 Å². The van der Waals surface area contributed by atoms with Crippen molar-refractivity contribution in [1.82, 2.24) is 15.5 Å². The van der Waals surface area contributed by atoms with E-state index < -0.39 is 0 Å². The van der Waals surface area contributed by atoms with Crippen LogP contribution in [0.5, 0.6) is 0 Å². The van der Waals surface area contributed by atoms with E-state index in [2.05, 4.69) is 60.6 Å². The van der Waals surface area contributed by atoms with E-state index in [9.17, 15) is 9.59 Å². The second kappa shape index (κ2) is 7.78. The van der Waals surface area contributed by atoms with Gasteiger partial charge in [0.15, 0.2) is 0 Å². The molecule has 3 rings (SSSR count). The van der Waals surface area contributed by atoms with Crippen molar-refractivity contribution < 1.29 is 9.59 Å². The summed E-state index contributed by atoms with van der Waals surface area (Å²) in [4.78, 5) is 27.5. The third-order valence-electron chi connectivity index (χ3n) is 6.25. The highest BCUT2D eigenvalue weighted by Gasteiger charge is 2.38. The molecule has 26 heavy (non-hydrogen) atoms. The number of nitrogens with zero attached hydrogens (tertiary/aromatic N) is 1. The Kier molecular flexibility index (Phi) is 5.66. The minimum atomic E-state index is -0.374. The summed E-state index contributed by atoms with van der Waals surface area (Å²) in [6.07, 6.45) is 3.92. The van der Waals surface area contributed by atoms with Crippen molar-refractivity contribution in [1.29, 1.82) is 0 Å². The van der Waals surface area contributed by atoms with Gasteiger partial charge in [-0.15, -0.1) is 0 Å². The number of carbonyl (C=O) groups excluding carboxylic acids is 2. The van der Waals surface area contributed by atoms with Crippen LogP contribution in [0, 0.1) is 0 Å². The van der Waals surface area contributed by atoms with Gasteiger partial charge in [-0.3, -0.25) is 14.5 Å². The lowest BCUT2D eigenvalue weighted by Crippen LogP contribution is -2.60. The summed E-state index contributed by atoms with van der Waals surface area (Å²) < 4.78 is 0. The van der Waals surface area contributed by atoms with E-state index in [4.69, 9.17) is 0 Å². The van der Waals surface area contributed by atoms with E-state index in [0.29, 0.717) is 12.6 Å². The molecule has 0 aromatic heterocycles. The van der Waals surface area contributed by atoms with Crippen LogP contribution in [0.4, 0.5) is 0 Å². The molecule has 1 aliphatic heterocycles. The Morgan fingerprint density at radius 3 is 2.42 bits per heavy atom. The molecule has 1 fully saturated rings. The van der Waals surface area contributed by atoms with Crippen LogP contribution in [-0.2, 0) is 22.4 Å². The fraction of sp³-hybridized carbons (Fsp3) is 0.619. The second-order valence-electron chi connectivity index (χ2n) is 7.90. The second-order valence-corrected chi connectivity index (χ2v) is 7.90. The van der Waals surface area contributed by atoms with Gasteiger partial charge >= 0.3 is 0 Å². The quantitative estimate of drug-likeness (QED) is 0.819. The Balaban J connectivity index is 1.70. The van der Waals surface area contributed by atoms with Crippen molar-refractivity contribution >= 4 is 11.8 Å². The number of nitrogens with one attached hydrogen (secondary N) is 2. The predicted octanol–water partition coefficient (Wildman–Crippen LogP) is 2.04. The van der Waals surface area contributed by atoms with Crippen LogP contribution in [-0.4, -0.2) is 47.4 Å². The van der Waals surface area contributed by atoms with Crippen LogP contribution in [0.25, 0.3) is 0 Å². The summed E-state index contributed by atoms with van der Waals surface area (Å²) in [7, 11) is 0. The number of rotatable bonds is 6. The summed E-state index contributed by atoms with van der Waals surface area (Å²) in [5.41, 5.74) is 2.55. The van der Waals surface area contributed by atoms with E-state index >= 15 is 0 Å². The molecule has 0 saturated carbocycles. The first kappa shape index (κ1) is 18.9. The Morgan fingerprint density at radius 1 is 1.23 bits per heavy atom. The molecule has 2 amide bonds. The summed E-state index contributed by atoms with van der Waals surface area (Å²) in [6.45, 7) is 7.70. The summed E-state index contributed by atoms with van der Waals surface area (Å²) >= 11 is 0. The molecule has 1 saturated heterocycles. The van der Waals surface area contributed by atoms with Crippen molar-refractivity contribution in [3.63, 3.8) is 0 Å². The van der Waals surface area contributed by atoms with Gasteiger partial charge in [-0.25, -0.2) is 0 Å². The molecule has 1 heterocycles. The Morgan fingerprint density at radius 2 is 1.85 bits per heavy atom. The maximum atomic E-state index is 12.7. The molecule has 2 N–H and O–H groups in total. The first-order chi connectivity index (χ1) is 12.5. The van der Waals surface area contributed by atoms with Gasteiger partial charge in [0.1, 0.15) is 0 Å². The van der Waals surface area contributed by atoms with Gasteiger partial charge in [-0.05, 0) is 43.7 Å². The topological polar surface area (TPSA) is 61.4 Å². The van der Waals surface area contributed by atoms with Crippen molar-refractivity contribution in [3.05, 3.63) is 35.4 Å².